The zero-order chi connectivity index (χ0) is 28.1. The van der Waals surface area contributed by atoms with Gasteiger partial charge < -0.3 is 14.6 Å². The number of benzene rings is 2. The molecule has 0 unspecified atom stereocenters. The molecule has 5 rings (SSSR count). The van der Waals surface area contributed by atoms with Crippen LogP contribution in [0.1, 0.15) is 55.0 Å². The first-order valence-corrected chi connectivity index (χ1v) is 13.7. The van der Waals surface area contributed by atoms with E-state index in [1.807, 2.05) is 6.07 Å². The van der Waals surface area contributed by atoms with Crippen LogP contribution >= 0.6 is 11.6 Å². The lowest BCUT2D eigenvalue weighted by molar-refractivity contribution is -0.142. The minimum absolute atomic E-state index is 0.0118. The number of furan rings is 1. The molecule has 0 aliphatic heterocycles. The fourth-order valence-electron chi connectivity index (χ4n) is 4.95. The second kappa shape index (κ2) is 12.4. The number of halogens is 2. The van der Waals surface area contributed by atoms with Crippen LogP contribution in [0.15, 0.2) is 65.1 Å². The van der Waals surface area contributed by atoms with Gasteiger partial charge in [0.25, 0.3) is 0 Å². The van der Waals surface area contributed by atoms with Crippen LogP contribution in [0.3, 0.4) is 0 Å². The van der Waals surface area contributed by atoms with E-state index in [-0.39, 0.29) is 30.9 Å². The smallest absolute Gasteiger partial charge is 0.247 e. The van der Waals surface area contributed by atoms with E-state index >= 15 is 0 Å². The van der Waals surface area contributed by atoms with Crippen LogP contribution in [0.5, 0.6) is 0 Å². The first-order chi connectivity index (χ1) is 19.4. The van der Waals surface area contributed by atoms with Crippen molar-refractivity contribution < 1.29 is 18.4 Å². The first kappa shape index (κ1) is 27.5. The van der Waals surface area contributed by atoms with Crippen LogP contribution < -0.4 is 5.32 Å². The predicted molar refractivity (Wildman–Crippen MR) is 146 cm³/mol. The third-order valence-electron chi connectivity index (χ3n) is 7.01. The van der Waals surface area contributed by atoms with E-state index in [1.165, 1.54) is 29.2 Å². The number of rotatable bonds is 9. The minimum Gasteiger partial charge on any atom is -0.458 e. The van der Waals surface area contributed by atoms with E-state index in [2.05, 4.69) is 20.7 Å². The van der Waals surface area contributed by atoms with Gasteiger partial charge in [-0.25, -0.2) is 4.39 Å². The van der Waals surface area contributed by atoms with Gasteiger partial charge in [0.05, 0.1) is 0 Å². The van der Waals surface area contributed by atoms with Crippen LogP contribution in [0.4, 0.5) is 4.39 Å². The Labute approximate surface area is 236 Å². The van der Waals surface area contributed by atoms with Gasteiger partial charge in [0.15, 0.2) is 5.76 Å². The lowest BCUT2D eigenvalue weighted by Gasteiger charge is -2.33. The zero-order valence-corrected chi connectivity index (χ0v) is 22.9. The number of hydrogen-bond acceptors (Lipinski definition) is 6. The maximum Gasteiger partial charge on any atom is 0.247 e. The normalized spacial score (nSPS) is 14.6. The van der Waals surface area contributed by atoms with Gasteiger partial charge in [0, 0.05) is 17.6 Å². The number of amides is 2. The van der Waals surface area contributed by atoms with Gasteiger partial charge in [-0.15, -0.1) is 10.2 Å². The molecule has 11 heteroatoms. The molecule has 0 radical (unpaired) electrons. The van der Waals surface area contributed by atoms with Crippen LogP contribution in [0, 0.1) is 12.7 Å². The largest absolute Gasteiger partial charge is 0.458 e. The molecule has 2 amide bonds. The maximum absolute atomic E-state index is 13.9. The summed E-state index contributed by atoms with van der Waals surface area (Å²) in [7, 11) is 0. The van der Waals surface area contributed by atoms with Gasteiger partial charge in [0.2, 0.25) is 17.6 Å². The lowest BCUT2D eigenvalue weighted by Crippen LogP contribution is -2.47. The van der Waals surface area contributed by atoms with Crippen molar-refractivity contribution in [3.05, 3.63) is 88.4 Å². The van der Waals surface area contributed by atoms with Gasteiger partial charge >= 0.3 is 0 Å². The highest BCUT2D eigenvalue weighted by Gasteiger charge is 2.34. The molecule has 1 N–H and O–H groups in total. The highest BCUT2D eigenvalue weighted by atomic mass is 35.5. The van der Waals surface area contributed by atoms with Crippen molar-refractivity contribution in [2.75, 3.05) is 0 Å². The Morgan fingerprint density at radius 2 is 1.85 bits per heavy atom. The Hall–Kier alpha value is -4.05. The van der Waals surface area contributed by atoms with Crippen LogP contribution in [0.2, 0.25) is 5.02 Å². The van der Waals surface area contributed by atoms with Crippen molar-refractivity contribution in [2.45, 2.75) is 64.2 Å². The van der Waals surface area contributed by atoms with E-state index < -0.39 is 17.8 Å². The molecule has 1 aliphatic carbocycles. The Balaban J connectivity index is 1.48. The van der Waals surface area contributed by atoms with Crippen LogP contribution in [-0.4, -0.2) is 43.0 Å². The lowest BCUT2D eigenvalue weighted by atomic mass is 9.94. The molecule has 9 nitrogen and oxygen atoms in total. The number of nitrogens with zero attached hydrogens (tertiary/aromatic N) is 5. The molecular weight excluding hydrogens is 535 g/mol. The zero-order valence-electron chi connectivity index (χ0n) is 22.1. The van der Waals surface area contributed by atoms with E-state index in [0.717, 1.165) is 36.9 Å². The predicted octanol–water partition coefficient (Wildman–Crippen LogP) is 5.25. The van der Waals surface area contributed by atoms with Crippen LogP contribution in [-0.2, 0) is 22.7 Å². The maximum atomic E-state index is 13.9. The topological polar surface area (TPSA) is 106 Å². The Kier molecular flexibility index (Phi) is 8.54. The Bertz CT molecular complexity index is 1460. The number of carbonyl (C=O) groups excluding carboxylic acids is 2. The molecule has 1 atom stereocenters. The summed E-state index contributed by atoms with van der Waals surface area (Å²) in [6, 6.07) is 15.2. The van der Waals surface area contributed by atoms with Crippen molar-refractivity contribution in [2.24, 2.45) is 0 Å². The third kappa shape index (κ3) is 6.56. The Morgan fingerprint density at radius 3 is 2.55 bits per heavy atom. The third-order valence-corrected chi connectivity index (χ3v) is 7.38. The van der Waals surface area contributed by atoms with Crippen molar-refractivity contribution in [1.29, 1.82) is 0 Å². The van der Waals surface area contributed by atoms with Crippen LogP contribution in [0.25, 0.3) is 11.6 Å². The molecule has 4 aromatic rings. The average Bonchev–Trinajstić information content (AvgIpc) is 3.60. The number of carbonyl (C=O) groups is 2. The molecule has 2 aromatic heterocycles. The molecule has 1 fully saturated rings. The molecule has 2 aromatic carbocycles. The summed E-state index contributed by atoms with van der Waals surface area (Å²) in [6.45, 7) is 1.56. The second-order valence-corrected chi connectivity index (χ2v) is 10.4. The quantitative estimate of drug-likeness (QED) is 0.297. The second-order valence-electron chi connectivity index (χ2n) is 9.96. The molecular formula is C29H30ClFN6O3. The summed E-state index contributed by atoms with van der Waals surface area (Å²) >= 11 is 6.47. The summed E-state index contributed by atoms with van der Waals surface area (Å²) in [6.07, 6.45) is 4.94. The number of hydrogen-bond donors (Lipinski definition) is 1. The van der Waals surface area contributed by atoms with E-state index in [1.54, 1.807) is 37.3 Å². The molecule has 40 heavy (non-hydrogen) atoms. The molecule has 0 bridgehead atoms. The highest BCUT2D eigenvalue weighted by molar-refractivity contribution is 6.31. The monoisotopic (exact) mass is 564 g/mol. The van der Waals surface area contributed by atoms with Gasteiger partial charge in [0.1, 0.15) is 24.2 Å². The molecule has 0 spiro atoms. The fraction of sp³-hybridized carbons (Fsp3) is 0.345. The number of nitrogens with one attached hydrogen (secondary N) is 1. The van der Waals surface area contributed by atoms with Crippen molar-refractivity contribution in [1.82, 2.24) is 30.4 Å². The fourth-order valence-corrected chi connectivity index (χ4v) is 5.15. The van der Waals surface area contributed by atoms with Gasteiger partial charge in [-0.1, -0.05) is 61.2 Å². The average molecular weight is 565 g/mol. The van der Waals surface area contributed by atoms with Gasteiger partial charge in [-0.2, -0.15) is 4.80 Å². The summed E-state index contributed by atoms with van der Waals surface area (Å²) < 4.78 is 19.4. The van der Waals surface area contributed by atoms with Crippen molar-refractivity contribution in [3.8, 4) is 11.6 Å². The van der Waals surface area contributed by atoms with Gasteiger partial charge in [-0.3, -0.25) is 9.59 Å². The van der Waals surface area contributed by atoms with E-state index in [4.69, 9.17) is 16.0 Å². The summed E-state index contributed by atoms with van der Waals surface area (Å²) in [5.41, 5.74) is 1.14. The summed E-state index contributed by atoms with van der Waals surface area (Å²) in [5, 5.41) is 15.9. The molecule has 1 saturated carbocycles. The summed E-state index contributed by atoms with van der Waals surface area (Å²) in [4.78, 5) is 30.4. The molecule has 2 heterocycles. The molecule has 1 aliphatic rings. The summed E-state index contributed by atoms with van der Waals surface area (Å²) in [5.74, 6) is 0.153. The molecule has 208 valence electrons. The number of aryl methyl sites for hydroxylation is 1. The minimum atomic E-state index is -1.04. The van der Waals surface area contributed by atoms with Crippen molar-refractivity contribution in [3.63, 3.8) is 0 Å². The Morgan fingerprint density at radius 1 is 1.10 bits per heavy atom. The van der Waals surface area contributed by atoms with E-state index in [0.29, 0.717) is 27.7 Å². The van der Waals surface area contributed by atoms with E-state index in [9.17, 15) is 14.0 Å². The molecule has 0 saturated heterocycles. The number of aromatic nitrogens is 4. The highest BCUT2D eigenvalue weighted by Crippen LogP contribution is 2.28. The number of tetrazole rings is 1. The van der Waals surface area contributed by atoms with Crippen molar-refractivity contribution >= 4 is 23.4 Å². The standard InChI is InChI=1S/C29H30ClFN6O3/c1-19-11-16-25(40-19)28-33-35-37(34-28)18-26(38)36(17-21-7-5-6-10-24(21)30)27(20-12-14-22(31)15-13-20)29(39)32-23-8-3-2-4-9-23/h5-7,10-16,23,27H,2-4,8-9,17-18H2,1H3,(H,32,39)/t27-/m1/s1. The SMILES string of the molecule is Cc1ccc(-c2nnn(CC(=O)N(Cc3ccccc3Cl)[C@@H](C(=O)NC3CCCCC3)c3ccc(F)cc3)n2)o1. The van der Waals surface area contributed by atoms with Gasteiger partial charge in [-0.05, 0) is 66.4 Å². The first-order valence-electron chi connectivity index (χ1n) is 13.3.